The van der Waals surface area contributed by atoms with Crippen LogP contribution in [0.3, 0.4) is 0 Å². The van der Waals surface area contributed by atoms with Crippen LogP contribution in [0.15, 0.2) is 36.4 Å². The maximum atomic E-state index is 13.1. The van der Waals surface area contributed by atoms with Crippen molar-refractivity contribution in [3.05, 3.63) is 58.4 Å². The molecule has 1 aliphatic heterocycles. The lowest BCUT2D eigenvalue weighted by atomic mass is 9.84. The van der Waals surface area contributed by atoms with Crippen molar-refractivity contribution < 1.29 is 19.7 Å². The smallest absolute Gasteiger partial charge is 0.273 e. The van der Waals surface area contributed by atoms with Gasteiger partial charge in [-0.1, -0.05) is 29.8 Å². The van der Waals surface area contributed by atoms with Crippen molar-refractivity contribution >= 4 is 17.5 Å². The molecule has 3 rings (SSSR count). The lowest BCUT2D eigenvalue weighted by Gasteiger charge is -2.39. The SMILES string of the molecule is COc1ccc(CN2C(=O)c3nc(Cl)ccc3C2(CCO)CCO)cc1. The summed E-state index contributed by atoms with van der Waals surface area (Å²) >= 11 is 5.98. The molecule has 26 heavy (non-hydrogen) atoms. The van der Waals surface area contributed by atoms with Crippen molar-refractivity contribution in [1.29, 1.82) is 0 Å². The third-order valence-corrected chi connectivity index (χ3v) is 5.09. The Morgan fingerprint density at radius 3 is 2.35 bits per heavy atom. The van der Waals surface area contributed by atoms with E-state index in [9.17, 15) is 15.0 Å². The third-order valence-electron chi connectivity index (χ3n) is 4.88. The minimum absolute atomic E-state index is 0.117. The average Bonchev–Trinajstić information content (AvgIpc) is 2.85. The monoisotopic (exact) mass is 376 g/mol. The van der Waals surface area contributed by atoms with Gasteiger partial charge in [-0.2, -0.15) is 0 Å². The van der Waals surface area contributed by atoms with Crippen LogP contribution in [0.1, 0.15) is 34.5 Å². The highest BCUT2D eigenvalue weighted by Crippen LogP contribution is 2.44. The largest absolute Gasteiger partial charge is 0.497 e. The molecule has 1 aromatic carbocycles. The molecule has 0 fully saturated rings. The van der Waals surface area contributed by atoms with Gasteiger partial charge in [-0.05, 0) is 36.6 Å². The van der Waals surface area contributed by atoms with Crippen molar-refractivity contribution in [3.63, 3.8) is 0 Å². The zero-order chi connectivity index (χ0) is 18.7. The fourth-order valence-electron chi connectivity index (χ4n) is 3.61. The molecule has 2 aromatic rings. The normalized spacial score (nSPS) is 15.2. The number of nitrogens with zero attached hydrogens (tertiary/aromatic N) is 2. The van der Waals surface area contributed by atoms with Gasteiger partial charge in [0.25, 0.3) is 5.91 Å². The van der Waals surface area contributed by atoms with Crippen molar-refractivity contribution in [1.82, 2.24) is 9.88 Å². The number of aliphatic hydroxyl groups excluding tert-OH is 2. The summed E-state index contributed by atoms with van der Waals surface area (Å²) in [6.45, 7) is 0.0969. The van der Waals surface area contributed by atoms with Crippen LogP contribution in [-0.4, -0.2) is 46.3 Å². The molecule has 0 saturated heterocycles. The number of amides is 1. The van der Waals surface area contributed by atoms with Crippen molar-refractivity contribution in [2.24, 2.45) is 0 Å². The molecule has 1 aromatic heterocycles. The summed E-state index contributed by atoms with van der Waals surface area (Å²) in [5, 5.41) is 19.6. The zero-order valence-electron chi connectivity index (χ0n) is 14.5. The maximum Gasteiger partial charge on any atom is 0.273 e. The minimum Gasteiger partial charge on any atom is -0.497 e. The molecule has 0 bridgehead atoms. The van der Waals surface area contributed by atoms with Crippen LogP contribution in [0, 0.1) is 0 Å². The first-order valence-corrected chi connectivity index (χ1v) is 8.77. The van der Waals surface area contributed by atoms with E-state index in [-0.39, 0.29) is 30.0 Å². The Morgan fingerprint density at radius 2 is 1.77 bits per heavy atom. The Labute approximate surface area is 157 Å². The van der Waals surface area contributed by atoms with Gasteiger partial charge >= 0.3 is 0 Å². The van der Waals surface area contributed by atoms with Crippen molar-refractivity contribution in [3.8, 4) is 5.75 Å². The second kappa shape index (κ2) is 7.61. The lowest BCUT2D eigenvalue weighted by Crippen LogP contribution is -2.44. The number of aliphatic hydroxyl groups is 2. The van der Waals surface area contributed by atoms with Gasteiger partial charge < -0.3 is 19.8 Å². The topological polar surface area (TPSA) is 82.9 Å². The molecule has 0 saturated carbocycles. The Hall–Kier alpha value is -2.15. The summed E-state index contributed by atoms with van der Waals surface area (Å²) in [4.78, 5) is 18.9. The van der Waals surface area contributed by atoms with E-state index in [1.165, 1.54) is 0 Å². The maximum absolute atomic E-state index is 13.1. The number of carbonyl (C=O) groups excluding carboxylic acids is 1. The quantitative estimate of drug-likeness (QED) is 0.725. The van der Waals surface area contributed by atoms with E-state index in [1.807, 2.05) is 24.3 Å². The molecule has 138 valence electrons. The van der Waals surface area contributed by atoms with Gasteiger partial charge in [0.15, 0.2) is 0 Å². The predicted octanol–water partition coefficient (Wildman–Crippen LogP) is 2.36. The summed E-state index contributed by atoms with van der Waals surface area (Å²) in [5.41, 5.74) is 1.09. The molecule has 0 unspecified atom stereocenters. The van der Waals surface area contributed by atoms with E-state index in [0.717, 1.165) is 11.3 Å². The molecule has 0 atom stereocenters. The first-order valence-electron chi connectivity index (χ1n) is 8.39. The Kier molecular flexibility index (Phi) is 5.46. The number of ether oxygens (including phenoxy) is 1. The van der Waals surface area contributed by atoms with Crippen molar-refractivity contribution in [2.75, 3.05) is 20.3 Å². The molecular formula is C19H21ClN2O4. The number of rotatable bonds is 7. The standard InChI is InChI=1S/C19H21ClN2O4/c1-26-14-4-2-13(3-5-14)12-22-18(25)17-15(6-7-16(20)21-17)19(22,8-10-23)9-11-24/h2-7,23-24H,8-12H2,1H3. The van der Waals surface area contributed by atoms with Crippen LogP contribution >= 0.6 is 11.6 Å². The number of pyridine rings is 1. The van der Waals surface area contributed by atoms with E-state index >= 15 is 0 Å². The molecule has 2 heterocycles. The number of hydrogen-bond donors (Lipinski definition) is 2. The zero-order valence-corrected chi connectivity index (χ0v) is 15.2. The molecule has 0 spiro atoms. The van der Waals surface area contributed by atoms with Gasteiger partial charge in [-0.25, -0.2) is 4.98 Å². The highest BCUT2D eigenvalue weighted by molar-refractivity contribution is 6.29. The molecule has 1 amide bonds. The second-order valence-corrected chi connectivity index (χ2v) is 6.64. The first kappa shape index (κ1) is 18.6. The molecule has 6 nitrogen and oxygen atoms in total. The number of aromatic nitrogens is 1. The highest BCUT2D eigenvalue weighted by Gasteiger charge is 2.49. The van der Waals surface area contributed by atoms with E-state index in [0.29, 0.717) is 24.9 Å². The number of halogens is 1. The van der Waals surface area contributed by atoms with Gasteiger partial charge in [0.2, 0.25) is 0 Å². The van der Waals surface area contributed by atoms with Crippen LogP contribution in [0.25, 0.3) is 0 Å². The van der Waals surface area contributed by atoms with E-state index < -0.39 is 5.54 Å². The number of hydrogen-bond acceptors (Lipinski definition) is 5. The Bertz CT molecular complexity index is 789. The summed E-state index contributed by atoms with van der Waals surface area (Å²) < 4.78 is 5.17. The fourth-order valence-corrected chi connectivity index (χ4v) is 3.76. The fraction of sp³-hybridized carbons (Fsp3) is 0.368. The van der Waals surface area contributed by atoms with Gasteiger partial charge in [-0.15, -0.1) is 0 Å². The van der Waals surface area contributed by atoms with Crippen LogP contribution in [0.2, 0.25) is 5.15 Å². The highest BCUT2D eigenvalue weighted by atomic mass is 35.5. The second-order valence-electron chi connectivity index (χ2n) is 6.25. The van der Waals surface area contributed by atoms with Gasteiger partial charge in [0.1, 0.15) is 16.6 Å². The van der Waals surface area contributed by atoms with E-state index in [1.54, 1.807) is 24.1 Å². The van der Waals surface area contributed by atoms with Gasteiger partial charge in [-0.3, -0.25) is 4.79 Å². The molecule has 0 aliphatic carbocycles. The molecule has 1 aliphatic rings. The molecule has 7 heteroatoms. The lowest BCUT2D eigenvalue weighted by molar-refractivity contribution is 0.0328. The first-order chi connectivity index (χ1) is 12.6. The third kappa shape index (κ3) is 3.16. The molecule has 2 N–H and O–H groups in total. The minimum atomic E-state index is -0.812. The number of carbonyl (C=O) groups is 1. The number of benzene rings is 1. The van der Waals surface area contributed by atoms with Crippen LogP contribution in [0.5, 0.6) is 5.75 Å². The Balaban J connectivity index is 2.04. The average molecular weight is 377 g/mol. The number of methoxy groups -OCH3 is 1. The summed E-state index contributed by atoms with van der Waals surface area (Å²) in [7, 11) is 1.60. The van der Waals surface area contributed by atoms with Gasteiger partial charge in [0, 0.05) is 25.3 Å². The van der Waals surface area contributed by atoms with Crippen LogP contribution in [0.4, 0.5) is 0 Å². The van der Waals surface area contributed by atoms with Gasteiger partial charge in [0.05, 0.1) is 12.6 Å². The van der Waals surface area contributed by atoms with E-state index in [2.05, 4.69) is 4.98 Å². The summed E-state index contributed by atoms with van der Waals surface area (Å²) in [6.07, 6.45) is 0.623. The predicted molar refractivity (Wildman–Crippen MR) is 97.2 cm³/mol. The molecule has 0 radical (unpaired) electrons. The molecular weight excluding hydrogens is 356 g/mol. The number of fused-ring (bicyclic) bond motifs is 1. The summed E-state index contributed by atoms with van der Waals surface area (Å²) in [5.74, 6) is 0.482. The van der Waals surface area contributed by atoms with Crippen LogP contribution < -0.4 is 4.74 Å². The van der Waals surface area contributed by atoms with E-state index in [4.69, 9.17) is 16.3 Å². The van der Waals surface area contributed by atoms with Crippen LogP contribution in [-0.2, 0) is 12.1 Å². The summed E-state index contributed by atoms with van der Waals surface area (Å²) in [6, 6.07) is 10.8. The Morgan fingerprint density at radius 1 is 1.12 bits per heavy atom. The van der Waals surface area contributed by atoms with Crippen molar-refractivity contribution in [2.45, 2.75) is 24.9 Å².